The van der Waals surface area contributed by atoms with E-state index in [2.05, 4.69) is 6.92 Å². The van der Waals surface area contributed by atoms with Gasteiger partial charge in [0.1, 0.15) is 0 Å². The molecule has 0 unspecified atom stereocenters. The number of amides is 1. The molecule has 0 saturated carbocycles. The number of halogens is 1. The molecule has 0 atom stereocenters. The molecule has 0 saturated heterocycles. The molecule has 1 aromatic rings. The van der Waals surface area contributed by atoms with Gasteiger partial charge in [-0.1, -0.05) is 13.0 Å². The van der Waals surface area contributed by atoms with Crippen molar-refractivity contribution in [3.63, 3.8) is 0 Å². The van der Waals surface area contributed by atoms with Crippen molar-refractivity contribution in [3.05, 3.63) is 22.4 Å². The Morgan fingerprint density at radius 3 is 2.87 bits per heavy atom. The molecule has 1 heterocycles. The molecule has 2 nitrogen and oxygen atoms in total. The van der Waals surface area contributed by atoms with Crippen molar-refractivity contribution >= 4 is 28.8 Å². The van der Waals surface area contributed by atoms with E-state index in [-0.39, 0.29) is 5.91 Å². The number of hydrogen-bond donors (Lipinski definition) is 0. The van der Waals surface area contributed by atoms with Crippen LogP contribution in [0.4, 0.5) is 0 Å². The predicted octanol–water partition coefficient (Wildman–Crippen LogP) is 2.77. The van der Waals surface area contributed by atoms with Gasteiger partial charge in [-0.05, 0) is 17.9 Å². The van der Waals surface area contributed by atoms with E-state index in [1.165, 1.54) is 0 Å². The van der Waals surface area contributed by atoms with Gasteiger partial charge in [0.15, 0.2) is 0 Å². The highest BCUT2D eigenvalue weighted by Crippen LogP contribution is 2.10. The molecule has 0 spiro atoms. The van der Waals surface area contributed by atoms with Crippen LogP contribution in [0, 0.1) is 0 Å². The first-order valence-electron chi connectivity index (χ1n) is 5.14. The molecule has 0 aliphatic carbocycles. The van der Waals surface area contributed by atoms with Crippen molar-refractivity contribution in [2.45, 2.75) is 19.8 Å². The third-order valence-electron chi connectivity index (χ3n) is 2.11. The number of hydrogen-bond acceptors (Lipinski definition) is 2. The second kappa shape index (κ2) is 6.85. The summed E-state index contributed by atoms with van der Waals surface area (Å²) in [6, 6.07) is 3.96. The van der Waals surface area contributed by atoms with Gasteiger partial charge < -0.3 is 4.90 Å². The van der Waals surface area contributed by atoms with E-state index in [1.54, 1.807) is 11.3 Å². The number of nitrogens with zero attached hydrogens (tertiary/aromatic N) is 1. The maximum Gasteiger partial charge on any atom is 0.227 e. The van der Waals surface area contributed by atoms with Crippen LogP contribution in [0.5, 0.6) is 0 Å². The highest BCUT2D eigenvalue weighted by molar-refractivity contribution is 7.10. The molecule has 0 aromatic carbocycles. The van der Waals surface area contributed by atoms with E-state index < -0.39 is 0 Å². The summed E-state index contributed by atoms with van der Waals surface area (Å²) in [6.07, 6.45) is 1.49. The minimum atomic E-state index is 0.181. The van der Waals surface area contributed by atoms with Crippen LogP contribution in [-0.4, -0.2) is 29.8 Å². The van der Waals surface area contributed by atoms with Gasteiger partial charge in [0.05, 0.1) is 6.42 Å². The van der Waals surface area contributed by atoms with Gasteiger partial charge in [0.25, 0.3) is 0 Å². The van der Waals surface area contributed by atoms with E-state index in [0.717, 1.165) is 17.8 Å². The Labute approximate surface area is 99.9 Å². The number of thiophene rings is 1. The van der Waals surface area contributed by atoms with Crippen LogP contribution < -0.4 is 0 Å². The molecule has 0 N–H and O–H groups in total. The molecule has 84 valence electrons. The molecule has 1 aromatic heterocycles. The Morgan fingerprint density at radius 1 is 1.53 bits per heavy atom. The molecule has 1 amide bonds. The normalized spacial score (nSPS) is 10.3. The first-order chi connectivity index (χ1) is 7.27. The van der Waals surface area contributed by atoms with E-state index in [4.69, 9.17) is 11.6 Å². The monoisotopic (exact) mass is 245 g/mol. The lowest BCUT2D eigenvalue weighted by Crippen LogP contribution is -2.34. The van der Waals surface area contributed by atoms with E-state index in [9.17, 15) is 4.79 Å². The zero-order chi connectivity index (χ0) is 11.1. The Hall–Kier alpha value is -0.540. The zero-order valence-electron chi connectivity index (χ0n) is 8.91. The Kier molecular flexibility index (Phi) is 5.73. The van der Waals surface area contributed by atoms with Gasteiger partial charge in [-0.25, -0.2) is 0 Å². The maximum atomic E-state index is 11.9. The minimum absolute atomic E-state index is 0.181. The lowest BCUT2D eigenvalue weighted by Gasteiger charge is -2.20. The van der Waals surface area contributed by atoms with Crippen molar-refractivity contribution in [1.29, 1.82) is 0 Å². The number of carbonyl (C=O) groups excluding carboxylic acids is 1. The smallest absolute Gasteiger partial charge is 0.227 e. The van der Waals surface area contributed by atoms with Crippen molar-refractivity contribution in [3.8, 4) is 0 Å². The first-order valence-corrected chi connectivity index (χ1v) is 6.55. The summed E-state index contributed by atoms with van der Waals surface area (Å²) >= 11 is 7.29. The number of rotatable bonds is 6. The summed E-state index contributed by atoms with van der Waals surface area (Å²) in [5.41, 5.74) is 0. The number of carbonyl (C=O) groups is 1. The average molecular weight is 246 g/mol. The van der Waals surface area contributed by atoms with Crippen LogP contribution in [-0.2, 0) is 11.2 Å². The Balaban J connectivity index is 2.48. The minimum Gasteiger partial charge on any atom is -0.341 e. The molecule has 0 fully saturated rings. The highest BCUT2D eigenvalue weighted by Gasteiger charge is 2.12. The molecule has 0 aliphatic rings. The van der Waals surface area contributed by atoms with Crippen LogP contribution in [0.15, 0.2) is 17.5 Å². The van der Waals surface area contributed by atoms with Crippen molar-refractivity contribution < 1.29 is 4.79 Å². The fourth-order valence-electron chi connectivity index (χ4n) is 1.41. The maximum absolute atomic E-state index is 11.9. The summed E-state index contributed by atoms with van der Waals surface area (Å²) in [6.45, 7) is 3.52. The van der Waals surface area contributed by atoms with Crippen LogP contribution in [0.25, 0.3) is 0 Å². The van der Waals surface area contributed by atoms with Gasteiger partial charge in [-0.2, -0.15) is 0 Å². The SMILES string of the molecule is CCCN(CCCl)C(=O)Cc1cccs1. The van der Waals surface area contributed by atoms with Crippen LogP contribution in [0.3, 0.4) is 0 Å². The molecular weight excluding hydrogens is 230 g/mol. The van der Waals surface area contributed by atoms with Gasteiger partial charge in [-0.3, -0.25) is 4.79 Å². The molecule has 4 heteroatoms. The summed E-state index contributed by atoms with van der Waals surface area (Å²) in [5, 5.41) is 1.99. The quantitative estimate of drug-likeness (QED) is 0.706. The molecule has 15 heavy (non-hydrogen) atoms. The van der Waals surface area contributed by atoms with Crippen molar-refractivity contribution in [2.24, 2.45) is 0 Å². The third-order valence-corrected chi connectivity index (χ3v) is 3.15. The second-order valence-corrected chi connectivity index (χ2v) is 4.74. The van der Waals surface area contributed by atoms with E-state index in [0.29, 0.717) is 18.8 Å². The molecule has 1 rings (SSSR count). The Bertz CT molecular complexity index is 281. The van der Waals surface area contributed by atoms with Crippen molar-refractivity contribution in [2.75, 3.05) is 19.0 Å². The lowest BCUT2D eigenvalue weighted by molar-refractivity contribution is -0.130. The predicted molar refractivity (Wildman–Crippen MR) is 65.6 cm³/mol. The average Bonchev–Trinajstić information content (AvgIpc) is 2.70. The summed E-state index contributed by atoms with van der Waals surface area (Å²) < 4.78 is 0. The molecular formula is C11H16ClNOS. The zero-order valence-corrected chi connectivity index (χ0v) is 10.5. The topological polar surface area (TPSA) is 20.3 Å². The summed E-state index contributed by atoms with van der Waals surface area (Å²) in [5.74, 6) is 0.691. The first kappa shape index (κ1) is 12.5. The van der Waals surface area contributed by atoms with Crippen molar-refractivity contribution in [1.82, 2.24) is 4.90 Å². The summed E-state index contributed by atoms with van der Waals surface area (Å²) in [7, 11) is 0. The molecule has 0 radical (unpaired) electrons. The van der Waals surface area contributed by atoms with Gasteiger partial charge >= 0.3 is 0 Å². The Morgan fingerprint density at radius 2 is 2.33 bits per heavy atom. The third kappa shape index (κ3) is 4.22. The highest BCUT2D eigenvalue weighted by atomic mass is 35.5. The fourth-order valence-corrected chi connectivity index (χ4v) is 2.31. The van der Waals surface area contributed by atoms with E-state index in [1.807, 2.05) is 22.4 Å². The van der Waals surface area contributed by atoms with E-state index >= 15 is 0 Å². The van der Waals surface area contributed by atoms with Crippen LogP contribution >= 0.6 is 22.9 Å². The molecule has 0 bridgehead atoms. The van der Waals surface area contributed by atoms with Gasteiger partial charge in [-0.15, -0.1) is 22.9 Å². The number of alkyl halides is 1. The fraction of sp³-hybridized carbons (Fsp3) is 0.545. The van der Waals surface area contributed by atoms with Gasteiger partial charge in [0, 0.05) is 23.8 Å². The molecule has 0 aliphatic heterocycles. The second-order valence-electron chi connectivity index (χ2n) is 3.33. The lowest BCUT2D eigenvalue weighted by atomic mass is 10.3. The van der Waals surface area contributed by atoms with Crippen LogP contribution in [0.2, 0.25) is 0 Å². The standard InChI is InChI=1S/C11H16ClNOS/c1-2-6-13(7-5-12)11(14)9-10-4-3-8-15-10/h3-4,8H,2,5-7,9H2,1H3. The van der Waals surface area contributed by atoms with Gasteiger partial charge in [0.2, 0.25) is 5.91 Å². The largest absolute Gasteiger partial charge is 0.341 e. The van der Waals surface area contributed by atoms with Crippen LogP contribution in [0.1, 0.15) is 18.2 Å². The summed E-state index contributed by atoms with van der Waals surface area (Å²) in [4.78, 5) is 14.8.